The van der Waals surface area contributed by atoms with E-state index >= 15 is 0 Å². The summed E-state index contributed by atoms with van der Waals surface area (Å²) in [6.07, 6.45) is 12.2. The normalized spacial score (nSPS) is 24.3. The Morgan fingerprint density at radius 1 is 1.26 bits per heavy atom. The van der Waals surface area contributed by atoms with Crippen molar-refractivity contribution >= 4 is 0 Å². The summed E-state index contributed by atoms with van der Waals surface area (Å²) in [6, 6.07) is 0. The van der Waals surface area contributed by atoms with Gasteiger partial charge in [0.05, 0.1) is 0 Å². The fraction of sp³-hybridized carbons (Fsp3) is 0.812. The zero-order valence-corrected chi connectivity index (χ0v) is 12.6. The largest absolute Gasteiger partial charge is 0.335 e. The SMILES string of the molecule is CCCn1ccnc1C1CCCCCC1CNCC. The highest BCUT2D eigenvalue weighted by atomic mass is 15.1. The molecule has 1 saturated carbocycles. The Kier molecular flexibility index (Phi) is 5.90. The van der Waals surface area contributed by atoms with Crippen LogP contribution in [-0.4, -0.2) is 22.6 Å². The molecule has 0 aliphatic heterocycles. The van der Waals surface area contributed by atoms with E-state index in [2.05, 4.69) is 29.9 Å². The van der Waals surface area contributed by atoms with E-state index in [1.165, 1.54) is 44.3 Å². The summed E-state index contributed by atoms with van der Waals surface area (Å²) in [5.41, 5.74) is 0. The van der Waals surface area contributed by atoms with E-state index in [9.17, 15) is 0 Å². The maximum absolute atomic E-state index is 4.69. The van der Waals surface area contributed by atoms with Gasteiger partial charge in [-0.25, -0.2) is 4.98 Å². The molecule has 1 heterocycles. The van der Waals surface area contributed by atoms with Crippen molar-refractivity contribution in [1.29, 1.82) is 0 Å². The summed E-state index contributed by atoms with van der Waals surface area (Å²) in [4.78, 5) is 4.69. The van der Waals surface area contributed by atoms with Gasteiger partial charge in [-0.2, -0.15) is 0 Å². The van der Waals surface area contributed by atoms with Crippen LogP contribution in [0.5, 0.6) is 0 Å². The fourth-order valence-corrected chi connectivity index (χ4v) is 3.38. The summed E-state index contributed by atoms with van der Waals surface area (Å²) in [7, 11) is 0. The van der Waals surface area contributed by atoms with Crippen LogP contribution in [0.4, 0.5) is 0 Å². The molecule has 2 atom stereocenters. The Morgan fingerprint density at radius 2 is 2.11 bits per heavy atom. The molecule has 2 rings (SSSR count). The van der Waals surface area contributed by atoms with E-state index < -0.39 is 0 Å². The Morgan fingerprint density at radius 3 is 2.89 bits per heavy atom. The van der Waals surface area contributed by atoms with Crippen LogP contribution >= 0.6 is 0 Å². The van der Waals surface area contributed by atoms with Crippen LogP contribution in [0.2, 0.25) is 0 Å². The van der Waals surface area contributed by atoms with Gasteiger partial charge in [-0.3, -0.25) is 0 Å². The van der Waals surface area contributed by atoms with E-state index in [0.29, 0.717) is 5.92 Å². The average molecular weight is 263 g/mol. The number of nitrogens with zero attached hydrogens (tertiary/aromatic N) is 2. The van der Waals surface area contributed by atoms with Crippen LogP contribution in [0, 0.1) is 5.92 Å². The van der Waals surface area contributed by atoms with Crippen LogP contribution in [0.15, 0.2) is 12.4 Å². The van der Waals surface area contributed by atoms with Crippen LogP contribution in [0.3, 0.4) is 0 Å². The number of nitrogens with one attached hydrogen (secondary N) is 1. The quantitative estimate of drug-likeness (QED) is 0.795. The first-order valence-corrected chi connectivity index (χ1v) is 8.08. The number of aryl methyl sites for hydroxylation is 1. The van der Waals surface area contributed by atoms with Crippen molar-refractivity contribution in [2.75, 3.05) is 13.1 Å². The Bertz CT molecular complexity index is 359. The highest BCUT2D eigenvalue weighted by molar-refractivity contribution is 5.04. The van der Waals surface area contributed by atoms with Gasteiger partial charge in [-0.05, 0) is 38.3 Å². The van der Waals surface area contributed by atoms with Crippen LogP contribution in [-0.2, 0) is 6.54 Å². The van der Waals surface area contributed by atoms with E-state index in [1.807, 2.05) is 6.20 Å². The molecule has 0 saturated heterocycles. The summed E-state index contributed by atoms with van der Waals surface area (Å²) in [6.45, 7) is 7.78. The maximum atomic E-state index is 4.69. The molecular formula is C16H29N3. The van der Waals surface area contributed by atoms with Gasteiger partial charge in [0.1, 0.15) is 5.82 Å². The van der Waals surface area contributed by atoms with E-state index in [-0.39, 0.29) is 0 Å². The molecular weight excluding hydrogens is 234 g/mol. The van der Waals surface area contributed by atoms with Gasteiger partial charge in [0.2, 0.25) is 0 Å². The fourth-order valence-electron chi connectivity index (χ4n) is 3.38. The third-order valence-corrected chi connectivity index (χ3v) is 4.36. The number of rotatable bonds is 6. The molecule has 0 radical (unpaired) electrons. The highest BCUT2D eigenvalue weighted by Gasteiger charge is 2.27. The lowest BCUT2D eigenvalue weighted by Crippen LogP contribution is -2.28. The Balaban J connectivity index is 2.13. The predicted octanol–water partition coefficient (Wildman–Crippen LogP) is 3.57. The van der Waals surface area contributed by atoms with Crippen molar-refractivity contribution in [2.24, 2.45) is 5.92 Å². The molecule has 19 heavy (non-hydrogen) atoms. The summed E-state index contributed by atoms with van der Waals surface area (Å²) in [5.74, 6) is 2.76. The molecule has 1 fully saturated rings. The summed E-state index contributed by atoms with van der Waals surface area (Å²) in [5, 5.41) is 3.55. The standard InChI is InChI=1S/C16H29N3/c1-3-11-19-12-10-18-16(19)15-9-7-5-6-8-14(15)13-17-4-2/h10,12,14-15,17H,3-9,11,13H2,1-2H3. The van der Waals surface area contributed by atoms with Gasteiger partial charge in [0.15, 0.2) is 0 Å². The lowest BCUT2D eigenvalue weighted by molar-refractivity contribution is 0.357. The second-order valence-corrected chi connectivity index (χ2v) is 5.79. The maximum Gasteiger partial charge on any atom is 0.112 e. The number of hydrogen-bond acceptors (Lipinski definition) is 2. The second kappa shape index (κ2) is 7.68. The summed E-state index contributed by atoms with van der Waals surface area (Å²) < 4.78 is 2.38. The van der Waals surface area contributed by atoms with Crippen molar-refractivity contribution in [2.45, 2.75) is 64.8 Å². The lowest BCUT2D eigenvalue weighted by Gasteiger charge is -2.25. The van der Waals surface area contributed by atoms with Gasteiger partial charge >= 0.3 is 0 Å². The predicted molar refractivity (Wildman–Crippen MR) is 80.4 cm³/mol. The molecule has 1 aliphatic carbocycles. The van der Waals surface area contributed by atoms with Crippen molar-refractivity contribution < 1.29 is 0 Å². The first-order valence-electron chi connectivity index (χ1n) is 8.08. The molecule has 3 heteroatoms. The molecule has 1 aliphatic rings. The minimum Gasteiger partial charge on any atom is -0.335 e. The van der Waals surface area contributed by atoms with Crippen LogP contribution < -0.4 is 5.32 Å². The molecule has 0 amide bonds. The summed E-state index contributed by atoms with van der Waals surface area (Å²) >= 11 is 0. The zero-order valence-electron chi connectivity index (χ0n) is 12.6. The first kappa shape index (κ1) is 14.6. The Labute approximate surface area is 117 Å². The van der Waals surface area contributed by atoms with Crippen molar-refractivity contribution in [3.05, 3.63) is 18.2 Å². The molecule has 1 aromatic rings. The molecule has 2 unspecified atom stereocenters. The second-order valence-electron chi connectivity index (χ2n) is 5.79. The molecule has 0 aromatic carbocycles. The Hall–Kier alpha value is -0.830. The molecule has 0 bridgehead atoms. The first-order chi connectivity index (χ1) is 9.36. The molecule has 1 N–H and O–H groups in total. The zero-order chi connectivity index (χ0) is 13.5. The smallest absolute Gasteiger partial charge is 0.112 e. The van der Waals surface area contributed by atoms with Crippen molar-refractivity contribution in [3.8, 4) is 0 Å². The van der Waals surface area contributed by atoms with E-state index in [0.717, 1.165) is 25.6 Å². The third kappa shape index (κ3) is 3.82. The molecule has 3 nitrogen and oxygen atoms in total. The average Bonchev–Trinajstić information content (AvgIpc) is 2.74. The van der Waals surface area contributed by atoms with Gasteiger partial charge in [-0.15, -0.1) is 0 Å². The van der Waals surface area contributed by atoms with Crippen molar-refractivity contribution in [1.82, 2.24) is 14.9 Å². The minimum absolute atomic E-state index is 0.656. The molecule has 0 spiro atoms. The molecule has 108 valence electrons. The van der Waals surface area contributed by atoms with Gasteiger partial charge in [0.25, 0.3) is 0 Å². The van der Waals surface area contributed by atoms with Gasteiger partial charge in [0, 0.05) is 24.9 Å². The monoisotopic (exact) mass is 263 g/mol. The lowest BCUT2D eigenvalue weighted by atomic mass is 9.87. The topological polar surface area (TPSA) is 29.9 Å². The number of aromatic nitrogens is 2. The van der Waals surface area contributed by atoms with Crippen LogP contribution in [0.1, 0.15) is 64.1 Å². The minimum atomic E-state index is 0.656. The van der Waals surface area contributed by atoms with Crippen molar-refractivity contribution in [3.63, 3.8) is 0 Å². The molecule has 1 aromatic heterocycles. The van der Waals surface area contributed by atoms with E-state index in [4.69, 9.17) is 4.98 Å². The van der Waals surface area contributed by atoms with E-state index in [1.54, 1.807) is 0 Å². The van der Waals surface area contributed by atoms with Crippen LogP contribution in [0.25, 0.3) is 0 Å². The highest BCUT2D eigenvalue weighted by Crippen LogP contribution is 2.35. The number of imidazole rings is 1. The van der Waals surface area contributed by atoms with Gasteiger partial charge in [-0.1, -0.05) is 33.1 Å². The number of hydrogen-bond donors (Lipinski definition) is 1. The van der Waals surface area contributed by atoms with Gasteiger partial charge < -0.3 is 9.88 Å². The third-order valence-electron chi connectivity index (χ3n) is 4.36.